The van der Waals surface area contributed by atoms with Gasteiger partial charge in [-0.2, -0.15) is 13.2 Å². The summed E-state index contributed by atoms with van der Waals surface area (Å²) >= 11 is 0. The maximum Gasteiger partial charge on any atom is 0.406 e. The van der Waals surface area contributed by atoms with Crippen LogP contribution in [0.2, 0.25) is 0 Å². The second-order valence-electron chi connectivity index (χ2n) is 5.57. The zero-order valence-corrected chi connectivity index (χ0v) is 10.6. The van der Waals surface area contributed by atoms with E-state index in [4.69, 9.17) is 0 Å². The first-order valence-electron chi connectivity index (χ1n) is 6.64. The van der Waals surface area contributed by atoms with E-state index >= 15 is 0 Å². The standard InChI is InChI=1S/C14H17F3N2/c15-14(16,17)13(5-6-13)19-9-10-7-11-3-1-2-4-12(11)18-8-10/h1-4,10,18-19H,5-9H2. The number of hydrogen-bond donors (Lipinski definition) is 2. The maximum absolute atomic E-state index is 12.8. The van der Waals surface area contributed by atoms with E-state index in [2.05, 4.69) is 10.6 Å². The third-order valence-electron chi connectivity index (χ3n) is 4.13. The molecule has 104 valence electrons. The molecule has 1 aliphatic carbocycles. The molecular weight excluding hydrogens is 253 g/mol. The largest absolute Gasteiger partial charge is 0.406 e. The molecule has 1 aromatic carbocycles. The van der Waals surface area contributed by atoms with Crippen molar-refractivity contribution in [2.24, 2.45) is 5.92 Å². The van der Waals surface area contributed by atoms with E-state index < -0.39 is 11.7 Å². The van der Waals surface area contributed by atoms with Crippen molar-refractivity contribution in [1.82, 2.24) is 5.32 Å². The molecule has 1 heterocycles. The first-order chi connectivity index (χ1) is 9.00. The molecule has 0 bridgehead atoms. The van der Waals surface area contributed by atoms with Gasteiger partial charge in [0.25, 0.3) is 0 Å². The van der Waals surface area contributed by atoms with Crippen LogP contribution in [0.25, 0.3) is 0 Å². The van der Waals surface area contributed by atoms with Crippen molar-refractivity contribution >= 4 is 5.69 Å². The van der Waals surface area contributed by atoms with Crippen LogP contribution in [0.15, 0.2) is 24.3 Å². The fourth-order valence-electron chi connectivity index (χ4n) is 2.68. The Labute approximate surface area is 110 Å². The predicted molar refractivity (Wildman–Crippen MR) is 68.1 cm³/mol. The summed E-state index contributed by atoms with van der Waals surface area (Å²) in [6, 6.07) is 7.98. The Kier molecular flexibility index (Phi) is 2.96. The van der Waals surface area contributed by atoms with Crippen molar-refractivity contribution in [2.75, 3.05) is 18.4 Å². The number of para-hydroxylation sites is 1. The lowest BCUT2D eigenvalue weighted by Crippen LogP contribution is -2.48. The average Bonchev–Trinajstić information content (AvgIpc) is 3.17. The smallest absolute Gasteiger partial charge is 0.384 e. The third kappa shape index (κ3) is 2.43. The number of halogens is 3. The molecule has 1 atom stereocenters. The van der Waals surface area contributed by atoms with Crippen molar-refractivity contribution < 1.29 is 13.2 Å². The Bertz CT molecular complexity index is 466. The van der Waals surface area contributed by atoms with Gasteiger partial charge in [-0.1, -0.05) is 18.2 Å². The summed E-state index contributed by atoms with van der Waals surface area (Å²) in [6.07, 6.45) is -2.85. The van der Waals surface area contributed by atoms with Crippen LogP contribution in [0.4, 0.5) is 18.9 Å². The van der Waals surface area contributed by atoms with Crippen LogP contribution in [-0.2, 0) is 6.42 Å². The van der Waals surface area contributed by atoms with E-state index in [1.165, 1.54) is 5.56 Å². The molecule has 0 spiro atoms. The topological polar surface area (TPSA) is 24.1 Å². The number of rotatable bonds is 3. The molecule has 1 aromatic rings. The minimum atomic E-state index is -4.12. The number of benzene rings is 1. The number of hydrogen-bond acceptors (Lipinski definition) is 2. The number of fused-ring (bicyclic) bond motifs is 1. The number of nitrogens with one attached hydrogen (secondary N) is 2. The lowest BCUT2D eigenvalue weighted by Gasteiger charge is -2.29. The highest BCUT2D eigenvalue weighted by atomic mass is 19.4. The summed E-state index contributed by atoms with van der Waals surface area (Å²) in [4.78, 5) is 0. The molecule has 1 saturated carbocycles. The Balaban J connectivity index is 1.59. The molecule has 3 rings (SSSR count). The first kappa shape index (κ1) is 12.8. The molecule has 2 nitrogen and oxygen atoms in total. The zero-order chi connectivity index (χ0) is 13.5. The third-order valence-corrected chi connectivity index (χ3v) is 4.13. The summed E-state index contributed by atoms with van der Waals surface area (Å²) in [5, 5.41) is 6.03. The highest BCUT2D eigenvalue weighted by molar-refractivity contribution is 5.53. The fourth-order valence-corrected chi connectivity index (χ4v) is 2.68. The van der Waals surface area contributed by atoms with Crippen LogP contribution in [0.5, 0.6) is 0 Å². The minimum absolute atomic E-state index is 0.216. The molecule has 0 saturated heterocycles. The van der Waals surface area contributed by atoms with Gasteiger partial charge in [-0.25, -0.2) is 0 Å². The summed E-state index contributed by atoms with van der Waals surface area (Å²) in [7, 11) is 0. The van der Waals surface area contributed by atoms with Crippen molar-refractivity contribution in [3.05, 3.63) is 29.8 Å². The zero-order valence-electron chi connectivity index (χ0n) is 10.6. The summed E-state index contributed by atoms with van der Waals surface area (Å²) in [5.41, 5.74) is 0.706. The van der Waals surface area contributed by atoms with Crippen LogP contribution in [0.1, 0.15) is 18.4 Å². The molecule has 1 unspecified atom stereocenters. The Morgan fingerprint density at radius 1 is 1.26 bits per heavy atom. The normalized spacial score (nSPS) is 24.5. The Morgan fingerprint density at radius 3 is 2.68 bits per heavy atom. The molecule has 2 N–H and O–H groups in total. The number of alkyl halides is 3. The SMILES string of the molecule is FC(F)(F)C1(NCC2CNc3ccccc3C2)CC1. The molecule has 2 aliphatic rings. The van der Waals surface area contributed by atoms with Crippen LogP contribution in [0.3, 0.4) is 0 Å². The predicted octanol–water partition coefficient (Wildman–Crippen LogP) is 2.96. The van der Waals surface area contributed by atoms with Gasteiger partial charge in [-0.15, -0.1) is 0 Å². The Morgan fingerprint density at radius 2 is 2.00 bits per heavy atom. The minimum Gasteiger partial charge on any atom is -0.384 e. The van der Waals surface area contributed by atoms with E-state index in [9.17, 15) is 13.2 Å². The lowest BCUT2D eigenvalue weighted by molar-refractivity contribution is -0.166. The lowest BCUT2D eigenvalue weighted by atomic mass is 9.93. The van der Waals surface area contributed by atoms with E-state index in [0.29, 0.717) is 6.54 Å². The molecule has 0 aromatic heterocycles. The van der Waals surface area contributed by atoms with Gasteiger partial charge in [-0.05, 0) is 36.8 Å². The summed E-state index contributed by atoms with van der Waals surface area (Å²) in [6.45, 7) is 1.15. The van der Waals surface area contributed by atoms with Gasteiger partial charge >= 0.3 is 6.18 Å². The van der Waals surface area contributed by atoms with Crippen molar-refractivity contribution in [2.45, 2.75) is 31.0 Å². The van der Waals surface area contributed by atoms with Gasteiger partial charge in [0, 0.05) is 18.8 Å². The van der Waals surface area contributed by atoms with E-state index in [1.54, 1.807) is 0 Å². The van der Waals surface area contributed by atoms with Gasteiger partial charge in [-0.3, -0.25) is 0 Å². The van der Waals surface area contributed by atoms with Crippen LogP contribution in [0, 0.1) is 5.92 Å². The highest BCUT2D eigenvalue weighted by Crippen LogP contribution is 2.49. The van der Waals surface area contributed by atoms with Crippen molar-refractivity contribution in [3.63, 3.8) is 0 Å². The van der Waals surface area contributed by atoms with Crippen molar-refractivity contribution in [3.8, 4) is 0 Å². The summed E-state index contributed by atoms with van der Waals surface area (Å²) in [5.74, 6) is 0.217. The Hall–Kier alpha value is -1.23. The van der Waals surface area contributed by atoms with E-state index in [1.807, 2.05) is 24.3 Å². The van der Waals surface area contributed by atoms with Crippen LogP contribution < -0.4 is 10.6 Å². The van der Waals surface area contributed by atoms with Crippen molar-refractivity contribution in [1.29, 1.82) is 0 Å². The van der Waals surface area contributed by atoms with Gasteiger partial charge in [0.05, 0.1) is 0 Å². The second kappa shape index (κ2) is 4.40. The van der Waals surface area contributed by atoms with Crippen LogP contribution in [-0.4, -0.2) is 24.8 Å². The molecule has 19 heavy (non-hydrogen) atoms. The average molecular weight is 270 g/mol. The molecule has 0 amide bonds. The number of anilines is 1. The quantitative estimate of drug-likeness (QED) is 0.882. The van der Waals surface area contributed by atoms with Gasteiger partial charge in [0.2, 0.25) is 0 Å². The molecule has 5 heteroatoms. The van der Waals surface area contributed by atoms with Gasteiger partial charge in [0.1, 0.15) is 5.54 Å². The molecule has 1 aliphatic heterocycles. The van der Waals surface area contributed by atoms with Gasteiger partial charge < -0.3 is 10.6 Å². The molecule has 0 radical (unpaired) electrons. The fraction of sp³-hybridized carbons (Fsp3) is 0.571. The van der Waals surface area contributed by atoms with Crippen LogP contribution >= 0.6 is 0 Å². The van der Waals surface area contributed by atoms with E-state index in [-0.39, 0.29) is 18.8 Å². The van der Waals surface area contributed by atoms with Gasteiger partial charge in [0.15, 0.2) is 0 Å². The monoisotopic (exact) mass is 270 g/mol. The van der Waals surface area contributed by atoms with E-state index in [0.717, 1.165) is 18.7 Å². The molecular formula is C14H17F3N2. The summed E-state index contributed by atoms with van der Waals surface area (Å²) < 4.78 is 38.4. The molecule has 1 fully saturated rings. The second-order valence-corrected chi connectivity index (χ2v) is 5.57. The highest BCUT2D eigenvalue weighted by Gasteiger charge is 2.63. The first-order valence-corrected chi connectivity index (χ1v) is 6.64. The maximum atomic E-state index is 12.8.